The molecule has 18 heavy (non-hydrogen) atoms. The Hall–Kier alpha value is -0.670. The summed E-state index contributed by atoms with van der Waals surface area (Å²) in [6.07, 6.45) is 8.20. The van der Waals surface area contributed by atoms with E-state index in [1.165, 1.54) is 30.9 Å². The van der Waals surface area contributed by atoms with E-state index in [4.69, 9.17) is 0 Å². The van der Waals surface area contributed by atoms with Gasteiger partial charge >= 0.3 is 0 Å². The summed E-state index contributed by atoms with van der Waals surface area (Å²) < 4.78 is 14.9. The van der Waals surface area contributed by atoms with Crippen LogP contribution in [0.15, 0.2) is 34.3 Å². The van der Waals surface area contributed by atoms with Crippen molar-refractivity contribution in [3.8, 4) is 0 Å². The second-order valence-electron chi connectivity index (χ2n) is 4.77. The van der Waals surface area contributed by atoms with E-state index in [1.54, 1.807) is 6.07 Å². The van der Waals surface area contributed by atoms with E-state index in [9.17, 15) is 4.39 Å². The molecule has 0 fully saturated rings. The summed E-state index contributed by atoms with van der Waals surface area (Å²) in [4.78, 5) is 0. The predicted octanol–water partition coefficient (Wildman–Crippen LogP) is 4.74. The highest BCUT2D eigenvalue weighted by atomic mass is 79.9. The molecule has 1 aliphatic rings. The van der Waals surface area contributed by atoms with Crippen LogP contribution >= 0.6 is 15.9 Å². The molecule has 0 bridgehead atoms. The fourth-order valence-electron chi connectivity index (χ4n) is 2.58. The number of nitrogens with one attached hydrogen (secondary N) is 1. The smallest absolute Gasteiger partial charge is 0.128 e. The van der Waals surface area contributed by atoms with Crippen LogP contribution in [0.1, 0.15) is 43.7 Å². The lowest BCUT2D eigenvalue weighted by Crippen LogP contribution is -2.20. The van der Waals surface area contributed by atoms with Gasteiger partial charge in [-0.2, -0.15) is 0 Å². The van der Waals surface area contributed by atoms with Gasteiger partial charge in [0, 0.05) is 10.0 Å². The minimum atomic E-state index is -0.136. The molecule has 0 saturated carbocycles. The lowest BCUT2D eigenvalue weighted by atomic mass is 9.95. The Balaban J connectivity index is 2.32. The first-order valence-corrected chi connectivity index (χ1v) is 7.33. The van der Waals surface area contributed by atoms with Gasteiger partial charge in [-0.3, -0.25) is 0 Å². The van der Waals surface area contributed by atoms with Gasteiger partial charge in [-0.1, -0.05) is 34.0 Å². The van der Waals surface area contributed by atoms with E-state index in [-0.39, 0.29) is 11.9 Å². The number of hydrogen-bond donors (Lipinski definition) is 1. The summed E-state index contributed by atoms with van der Waals surface area (Å²) in [5.41, 5.74) is 2.06. The first kappa shape index (κ1) is 13.8. The molecule has 2 rings (SSSR count). The van der Waals surface area contributed by atoms with Crippen molar-refractivity contribution in [3.63, 3.8) is 0 Å². The Kier molecular flexibility index (Phi) is 4.95. The lowest BCUT2D eigenvalue weighted by molar-refractivity contribution is 0.560. The van der Waals surface area contributed by atoms with Crippen molar-refractivity contribution in [2.75, 3.05) is 7.05 Å². The topological polar surface area (TPSA) is 12.0 Å². The van der Waals surface area contributed by atoms with Gasteiger partial charge in [-0.25, -0.2) is 4.39 Å². The summed E-state index contributed by atoms with van der Waals surface area (Å²) in [6, 6.07) is 5.15. The molecule has 0 heterocycles. The molecule has 0 aliphatic heterocycles. The largest absolute Gasteiger partial charge is 0.310 e. The molecule has 1 nitrogen and oxygen atoms in total. The molecule has 1 atom stereocenters. The summed E-state index contributed by atoms with van der Waals surface area (Å²) in [5.74, 6) is -0.136. The average Bonchev–Trinajstić information content (AvgIpc) is 2.64. The minimum Gasteiger partial charge on any atom is -0.310 e. The Bertz CT molecular complexity index is 442. The van der Waals surface area contributed by atoms with E-state index in [1.807, 2.05) is 13.1 Å². The fraction of sp³-hybridized carbons (Fsp3) is 0.467. The molecule has 1 N–H and O–H groups in total. The van der Waals surface area contributed by atoms with Crippen LogP contribution in [0.5, 0.6) is 0 Å². The highest BCUT2D eigenvalue weighted by Gasteiger charge is 2.19. The first-order chi connectivity index (χ1) is 8.72. The zero-order valence-electron chi connectivity index (χ0n) is 10.7. The van der Waals surface area contributed by atoms with Crippen molar-refractivity contribution < 1.29 is 4.39 Å². The van der Waals surface area contributed by atoms with Crippen LogP contribution in [0, 0.1) is 5.82 Å². The highest BCUT2D eigenvalue weighted by molar-refractivity contribution is 9.10. The van der Waals surface area contributed by atoms with Gasteiger partial charge < -0.3 is 5.32 Å². The number of likely N-dealkylation sites (N-methyl/N-ethyl adjacent to an activating group) is 1. The third kappa shape index (κ3) is 3.21. The van der Waals surface area contributed by atoms with Crippen molar-refractivity contribution in [1.82, 2.24) is 5.32 Å². The van der Waals surface area contributed by atoms with Crippen LogP contribution in [0.2, 0.25) is 0 Å². The second-order valence-corrected chi connectivity index (χ2v) is 5.68. The Labute approximate surface area is 117 Å². The van der Waals surface area contributed by atoms with Gasteiger partial charge in [0.2, 0.25) is 0 Å². The van der Waals surface area contributed by atoms with Gasteiger partial charge in [0.25, 0.3) is 0 Å². The van der Waals surface area contributed by atoms with Crippen molar-refractivity contribution in [3.05, 3.63) is 45.7 Å². The van der Waals surface area contributed by atoms with E-state index in [2.05, 4.69) is 27.3 Å². The standard InChI is InChI=1S/C15H19BrFN/c1-18-15(11-6-4-2-3-5-7-11)13-10-12(16)8-9-14(13)17/h6,8-10,15,18H,2-5,7H2,1H3. The second kappa shape index (κ2) is 6.48. The van der Waals surface area contributed by atoms with E-state index >= 15 is 0 Å². The molecule has 98 valence electrons. The lowest BCUT2D eigenvalue weighted by Gasteiger charge is -2.21. The van der Waals surface area contributed by atoms with Gasteiger partial charge in [-0.05, 0) is 50.9 Å². The maximum Gasteiger partial charge on any atom is 0.128 e. The summed E-state index contributed by atoms with van der Waals surface area (Å²) in [7, 11) is 1.90. The molecular formula is C15H19BrFN. The zero-order chi connectivity index (χ0) is 13.0. The van der Waals surface area contributed by atoms with E-state index < -0.39 is 0 Å². The predicted molar refractivity (Wildman–Crippen MR) is 77.1 cm³/mol. The Morgan fingerprint density at radius 2 is 2.11 bits per heavy atom. The molecule has 0 radical (unpaired) electrons. The first-order valence-electron chi connectivity index (χ1n) is 6.53. The molecule has 1 aromatic carbocycles. The number of rotatable bonds is 3. The van der Waals surface area contributed by atoms with Crippen molar-refractivity contribution in [2.45, 2.75) is 38.1 Å². The minimum absolute atomic E-state index is 0.000556. The van der Waals surface area contributed by atoms with Crippen molar-refractivity contribution in [1.29, 1.82) is 0 Å². The van der Waals surface area contributed by atoms with Gasteiger partial charge in [0.15, 0.2) is 0 Å². The molecule has 0 amide bonds. The van der Waals surface area contributed by atoms with Crippen LogP contribution in [0.4, 0.5) is 4.39 Å². The van der Waals surface area contributed by atoms with Crippen LogP contribution in [0.3, 0.4) is 0 Å². The van der Waals surface area contributed by atoms with Gasteiger partial charge in [0.05, 0.1) is 6.04 Å². The Morgan fingerprint density at radius 3 is 2.89 bits per heavy atom. The van der Waals surface area contributed by atoms with Crippen LogP contribution < -0.4 is 5.32 Å². The van der Waals surface area contributed by atoms with Crippen molar-refractivity contribution >= 4 is 15.9 Å². The Morgan fingerprint density at radius 1 is 1.28 bits per heavy atom. The van der Waals surface area contributed by atoms with Gasteiger partial charge in [0.1, 0.15) is 5.82 Å². The van der Waals surface area contributed by atoms with E-state index in [0.29, 0.717) is 0 Å². The average molecular weight is 312 g/mol. The molecule has 0 spiro atoms. The number of halogens is 2. The fourth-order valence-corrected chi connectivity index (χ4v) is 2.96. The normalized spacial score (nSPS) is 18.1. The number of allylic oxidation sites excluding steroid dienone is 1. The summed E-state index contributed by atoms with van der Waals surface area (Å²) in [5, 5.41) is 3.25. The third-order valence-electron chi connectivity index (χ3n) is 3.50. The molecule has 0 saturated heterocycles. The zero-order valence-corrected chi connectivity index (χ0v) is 12.3. The van der Waals surface area contributed by atoms with Gasteiger partial charge in [-0.15, -0.1) is 0 Å². The van der Waals surface area contributed by atoms with Crippen LogP contribution in [-0.2, 0) is 0 Å². The molecule has 1 aromatic rings. The summed E-state index contributed by atoms with van der Waals surface area (Å²) >= 11 is 3.42. The highest BCUT2D eigenvalue weighted by Crippen LogP contribution is 2.31. The van der Waals surface area contributed by atoms with E-state index in [0.717, 1.165) is 22.9 Å². The third-order valence-corrected chi connectivity index (χ3v) is 4.00. The molecule has 0 aromatic heterocycles. The monoisotopic (exact) mass is 311 g/mol. The van der Waals surface area contributed by atoms with Crippen molar-refractivity contribution in [2.24, 2.45) is 0 Å². The van der Waals surface area contributed by atoms with Crippen LogP contribution in [-0.4, -0.2) is 7.05 Å². The molecule has 1 aliphatic carbocycles. The SMILES string of the molecule is CNC(C1=CCCCCC1)c1cc(Br)ccc1F. The number of benzene rings is 1. The quantitative estimate of drug-likeness (QED) is 0.795. The van der Waals surface area contributed by atoms with Crippen LogP contribution in [0.25, 0.3) is 0 Å². The summed E-state index contributed by atoms with van der Waals surface area (Å²) in [6.45, 7) is 0. The molecule has 3 heteroatoms. The molecule has 1 unspecified atom stereocenters. The maximum absolute atomic E-state index is 14.0. The maximum atomic E-state index is 14.0. The molecular weight excluding hydrogens is 293 g/mol. The number of hydrogen-bond acceptors (Lipinski definition) is 1.